The van der Waals surface area contributed by atoms with Crippen LogP contribution in [0.4, 0.5) is 0 Å². The van der Waals surface area contributed by atoms with Crippen LogP contribution >= 0.6 is 0 Å². The van der Waals surface area contributed by atoms with Crippen LogP contribution in [0.15, 0.2) is 36.4 Å². The first-order chi connectivity index (χ1) is 11.4. The Morgan fingerprint density at radius 2 is 1.92 bits per heavy atom. The maximum atomic E-state index is 13.0. The summed E-state index contributed by atoms with van der Waals surface area (Å²) < 4.78 is 2.05. The molecule has 0 radical (unpaired) electrons. The highest BCUT2D eigenvalue weighted by atomic mass is 16.2. The topological polar surface area (TPSA) is 38.1 Å². The van der Waals surface area contributed by atoms with Crippen LogP contribution in [0, 0.1) is 0 Å². The van der Waals surface area contributed by atoms with E-state index in [0.717, 1.165) is 5.56 Å². The van der Waals surface area contributed by atoms with Crippen LogP contribution in [-0.2, 0) is 12.1 Å². The molecule has 24 heavy (non-hydrogen) atoms. The van der Waals surface area contributed by atoms with Crippen molar-refractivity contribution in [3.05, 3.63) is 53.3 Å². The third-order valence-electron chi connectivity index (χ3n) is 4.47. The van der Waals surface area contributed by atoms with Crippen LogP contribution in [0.25, 0.3) is 0 Å². The van der Waals surface area contributed by atoms with Gasteiger partial charge in [-0.1, -0.05) is 30.3 Å². The first kappa shape index (κ1) is 16.7. The number of hydrogen-bond acceptors (Lipinski definition) is 2. The van der Waals surface area contributed by atoms with E-state index in [2.05, 4.69) is 38.0 Å². The molecule has 1 aromatic carbocycles. The van der Waals surface area contributed by atoms with Gasteiger partial charge in [0.05, 0.1) is 5.54 Å². The molecule has 0 bridgehead atoms. The standard InChI is InChI=1S/C20H27N3O/c1-5-22(14-15-9-7-6-8-10-15)19(24)17-13-18(16-11-12-16)23(21-17)20(2,3)4/h6-10,13,16H,5,11-12,14H2,1-4H3. The second kappa shape index (κ2) is 6.42. The second-order valence-electron chi connectivity index (χ2n) is 7.62. The molecule has 0 N–H and O–H groups in total. The lowest BCUT2D eigenvalue weighted by molar-refractivity contribution is 0.0745. The zero-order valence-electron chi connectivity index (χ0n) is 15.1. The lowest BCUT2D eigenvalue weighted by Crippen LogP contribution is -2.31. The summed E-state index contributed by atoms with van der Waals surface area (Å²) in [7, 11) is 0. The van der Waals surface area contributed by atoms with Crippen molar-refractivity contribution in [1.29, 1.82) is 0 Å². The van der Waals surface area contributed by atoms with Gasteiger partial charge in [-0.3, -0.25) is 9.48 Å². The minimum atomic E-state index is -0.104. The zero-order chi connectivity index (χ0) is 17.3. The van der Waals surface area contributed by atoms with E-state index in [4.69, 9.17) is 0 Å². The number of amides is 1. The molecule has 0 unspecified atom stereocenters. The fourth-order valence-electron chi connectivity index (χ4n) is 3.00. The molecule has 1 aliphatic rings. The Kier molecular flexibility index (Phi) is 4.48. The van der Waals surface area contributed by atoms with Crippen molar-refractivity contribution >= 4 is 5.91 Å². The average Bonchev–Trinajstić information content (AvgIpc) is 3.30. The molecule has 1 heterocycles. The summed E-state index contributed by atoms with van der Waals surface area (Å²) in [6.45, 7) is 9.74. The summed E-state index contributed by atoms with van der Waals surface area (Å²) in [5.74, 6) is 0.591. The smallest absolute Gasteiger partial charge is 0.274 e. The molecule has 0 saturated heterocycles. The largest absolute Gasteiger partial charge is 0.333 e. The first-order valence-corrected chi connectivity index (χ1v) is 8.83. The summed E-state index contributed by atoms with van der Waals surface area (Å²) in [4.78, 5) is 14.8. The molecule has 1 saturated carbocycles. The summed E-state index contributed by atoms with van der Waals surface area (Å²) >= 11 is 0. The van der Waals surface area contributed by atoms with Crippen LogP contribution in [-0.4, -0.2) is 27.1 Å². The van der Waals surface area contributed by atoms with Crippen molar-refractivity contribution in [2.75, 3.05) is 6.54 Å². The van der Waals surface area contributed by atoms with Gasteiger partial charge in [0, 0.05) is 24.7 Å². The van der Waals surface area contributed by atoms with E-state index in [9.17, 15) is 4.79 Å². The van der Waals surface area contributed by atoms with Crippen LogP contribution < -0.4 is 0 Å². The van der Waals surface area contributed by atoms with E-state index in [-0.39, 0.29) is 11.4 Å². The average molecular weight is 325 g/mol. The summed E-state index contributed by atoms with van der Waals surface area (Å²) in [6, 6.07) is 12.1. The van der Waals surface area contributed by atoms with E-state index in [0.29, 0.717) is 24.7 Å². The van der Waals surface area contributed by atoms with Gasteiger partial charge >= 0.3 is 0 Å². The monoisotopic (exact) mass is 325 g/mol. The first-order valence-electron chi connectivity index (χ1n) is 8.83. The maximum Gasteiger partial charge on any atom is 0.274 e. The van der Waals surface area contributed by atoms with Crippen LogP contribution in [0.3, 0.4) is 0 Å². The van der Waals surface area contributed by atoms with Crippen LogP contribution in [0.5, 0.6) is 0 Å². The van der Waals surface area contributed by atoms with E-state index >= 15 is 0 Å². The molecule has 2 aromatic rings. The Morgan fingerprint density at radius 3 is 2.46 bits per heavy atom. The highest BCUT2D eigenvalue weighted by Gasteiger charge is 2.33. The number of aromatic nitrogens is 2. The lowest BCUT2D eigenvalue weighted by Gasteiger charge is -2.23. The van der Waals surface area contributed by atoms with E-state index in [1.54, 1.807) is 0 Å². The molecule has 0 aliphatic heterocycles. The Morgan fingerprint density at radius 1 is 1.25 bits per heavy atom. The van der Waals surface area contributed by atoms with Gasteiger partial charge in [0.15, 0.2) is 5.69 Å². The number of carbonyl (C=O) groups is 1. The van der Waals surface area contributed by atoms with Crippen molar-refractivity contribution in [2.24, 2.45) is 0 Å². The third-order valence-corrected chi connectivity index (χ3v) is 4.47. The van der Waals surface area contributed by atoms with Gasteiger partial charge < -0.3 is 4.90 Å². The molecule has 128 valence electrons. The fourth-order valence-corrected chi connectivity index (χ4v) is 3.00. The third kappa shape index (κ3) is 3.53. The quantitative estimate of drug-likeness (QED) is 0.827. The Bertz CT molecular complexity index is 708. The van der Waals surface area contributed by atoms with Crippen LogP contribution in [0.1, 0.15) is 68.2 Å². The summed E-state index contributed by atoms with van der Waals surface area (Å²) in [5.41, 5.74) is 2.82. The van der Waals surface area contributed by atoms with E-state index in [1.807, 2.05) is 40.8 Å². The van der Waals surface area contributed by atoms with Crippen molar-refractivity contribution in [2.45, 2.75) is 58.5 Å². The van der Waals surface area contributed by atoms with E-state index < -0.39 is 0 Å². The Hall–Kier alpha value is -2.10. The molecular formula is C20H27N3O. The molecule has 3 rings (SSSR count). The van der Waals surface area contributed by atoms with Crippen molar-refractivity contribution < 1.29 is 4.79 Å². The molecule has 0 atom stereocenters. The molecule has 1 aliphatic carbocycles. The molecule has 4 nitrogen and oxygen atoms in total. The number of rotatable bonds is 5. The Labute approximate surface area is 144 Å². The Balaban J connectivity index is 1.85. The second-order valence-corrected chi connectivity index (χ2v) is 7.62. The minimum absolute atomic E-state index is 0.0197. The SMILES string of the molecule is CCN(Cc1ccccc1)C(=O)c1cc(C2CC2)n(C(C)(C)C)n1. The van der Waals surface area contributed by atoms with Gasteiger partial charge in [0.2, 0.25) is 0 Å². The van der Waals surface area contributed by atoms with Gasteiger partial charge in [-0.05, 0) is 52.2 Å². The molecule has 4 heteroatoms. The number of nitrogens with zero attached hydrogens (tertiary/aromatic N) is 3. The van der Waals surface area contributed by atoms with Gasteiger partial charge in [-0.2, -0.15) is 5.10 Å². The number of benzene rings is 1. The molecule has 1 aromatic heterocycles. The predicted octanol–water partition coefficient (Wildman–Crippen LogP) is 4.18. The summed E-state index contributed by atoms with van der Waals surface area (Å²) in [5, 5.41) is 4.68. The van der Waals surface area contributed by atoms with Crippen molar-refractivity contribution in [3.63, 3.8) is 0 Å². The normalized spacial score (nSPS) is 14.7. The zero-order valence-corrected chi connectivity index (χ0v) is 15.1. The van der Waals surface area contributed by atoms with Gasteiger partial charge in [-0.25, -0.2) is 0 Å². The molecule has 1 fully saturated rings. The number of hydrogen-bond donors (Lipinski definition) is 0. The molecule has 1 amide bonds. The maximum absolute atomic E-state index is 13.0. The highest BCUT2D eigenvalue weighted by molar-refractivity contribution is 5.92. The summed E-state index contributed by atoms with van der Waals surface area (Å²) in [6.07, 6.45) is 2.41. The van der Waals surface area contributed by atoms with Crippen molar-refractivity contribution in [1.82, 2.24) is 14.7 Å². The van der Waals surface area contributed by atoms with Crippen LogP contribution in [0.2, 0.25) is 0 Å². The van der Waals surface area contributed by atoms with Gasteiger partial charge in [0.1, 0.15) is 0 Å². The van der Waals surface area contributed by atoms with Crippen molar-refractivity contribution in [3.8, 4) is 0 Å². The van der Waals surface area contributed by atoms with Gasteiger partial charge in [0.25, 0.3) is 5.91 Å². The van der Waals surface area contributed by atoms with Gasteiger partial charge in [-0.15, -0.1) is 0 Å². The predicted molar refractivity (Wildman–Crippen MR) is 96.1 cm³/mol. The molecular weight excluding hydrogens is 298 g/mol. The lowest BCUT2D eigenvalue weighted by atomic mass is 10.1. The number of carbonyl (C=O) groups excluding carboxylic acids is 1. The fraction of sp³-hybridized carbons (Fsp3) is 0.500. The molecule has 0 spiro atoms. The minimum Gasteiger partial charge on any atom is -0.333 e. The van der Waals surface area contributed by atoms with E-state index in [1.165, 1.54) is 18.5 Å². The highest BCUT2D eigenvalue weighted by Crippen LogP contribution is 2.41.